The zero-order valence-electron chi connectivity index (χ0n) is 13.1. The minimum absolute atomic E-state index is 0.173. The van der Waals surface area contributed by atoms with Crippen molar-refractivity contribution in [3.8, 4) is 0 Å². The van der Waals surface area contributed by atoms with E-state index in [1.54, 1.807) is 12.1 Å². The molecule has 0 unspecified atom stereocenters. The number of fused-ring (bicyclic) bond motifs is 2. The lowest BCUT2D eigenvalue weighted by molar-refractivity contribution is -0.384. The Hall–Kier alpha value is -1.42. The van der Waals surface area contributed by atoms with Crippen molar-refractivity contribution in [3.63, 3.8) is 0 Å². The summed E-state index contributed by atoms with van der Waals surface area (Å²) in [6.45, 7) is 9.24. The van der Waals surface area contributed by atoms with Crippen LogP contribution in [0.4, 0.5) is 5.69 Å². The van der Waals surface area contributed by atoms with Crippen molar-refractivity contribution in [1.29, 1.82) is 0 Å². The normalized spacial score (nSPS) is 31.3. The van der Waals surface area contributed by atoms with Gasteiger partial charge < -0.3 is 0 Å². The molecule has 0 spiro atoms. The standard InChI is InChI=1S/C17H24N2O2/c1-16(2)8-15-9-17(3,11-16)12-18(15)10-13-4-6-14(7-5-13)19(20)21/h4-7,15H,8-12H2,1-3H3/t15-,17+/m1/s1. The molecule has 1 aliphatic heterocycles. The molecule has 0 aromatic heterocycles. The van der Waals surface area contributed by atoms with Crippen molar-refractivity contribution in [3.05, 3.63) is 39.9 Å². The fourth-order valence-corrected chi connectivity index (χ4v) is 4.72. The number of hydrogen-bond acceptors (Lipinski definition) is 3. The quantitative estimate of drug-likeness (QED) is 0.624. The van der Waals surface area contributed by atoms with Crippen molar-refractivity contribution < 1.29 is 4.92 Å². The summed E-state index contributed by atoms with van der Waals surface area (Å²) < 4.78 is 0. The Balaban J connectivity index is 1.73. The van der Waals surface area contributed by atoms with Crippen molar-refractivity contribution in [2.45, 2.75) is 52.6 Å². The second kappa shape index (κ2) is 4.80. The summed E-state index contributed by atoms with van der Waals surface area (Å²) in [5, 5.41) is 10.7. The highest BCUT2D eigenvalue weighted by molar-refractivity contribution is 5.33. The van der Waals surface area contributed by atoms with Gasteiger partial charge in [-0.3, -0.25) is 15.0 Å². The fraction of sp³-hybridized carbons (Fsp3) is 0.647. The van der Waals surface area contributed by atoms with Crippen LogP contribution in [-0.2, 0) is 6.54 Å². The highest BCUT2D eigenvalue weighted by Gasteiger charge is 2.49. The lowest BCUT2D eigenvalue weighted by atomic mass is 9.65. The van der Waals surface area contributed by atoms with E-state index in [9.17, 15) is 10.1 Å². The van der Waals surface area contributed by atoms with Gasteiger partial charge in [0.05, 0.1) is 4.92 Å². The first-order valence-electron chi connectivity index (χ1n) is 7.74. The van der Waals surface area contributed by atoms with Gasteiger partial charge in [0.1, 0.15) is 0 Å². The Bertz CT molecular complexity index is 552. The van der Waals surface area contributed by atoms with E-state index in [1.807, 2.05) is 12.1 Å². The van der Waals surface area contributed by atoms with Gasteiger partial charge in [-0.25, -0.2) is 0 Å². The zero-order chi connectivity index (χ0) is 15.3. The summed E-state index contributed by atoms with van der Waals surface area (Å²) in [6.07, 6.45) is 3.85. The van der Waals surface area contributed by atoms with Gasteiger partial charge in [0.15, 0.2) is 0 Å². The Morgan fingerprint density at radius 3 is 2.52 bits per heavy atom. The number of hydrogen-bond donors (Lipinski definition) is 0. The molecule has 1 aromatic carbocycles. The molecular weight excluding hydrogens is 264 g/mol. The Morgan fingerprint density at radius 1 is 1.24 bits per heavy atom. The first kappa shape index (κ1) is 14.5. The Kier molecular flexibility index (Phi) is 3.32. The van der Waals surface area contributed by atoms with E-state index < -0.39 is 0 Å². The van der Waals surface area contributed by atoms with Crippen molar-refractivity contribution in [2.75, 3.05) is 6.54 Å². The molecule has 2 bridgehead atoms. The number of non-ortho nitro benzene ring substituents is 1. The van der Waals surface area contributed by atoms with E-state index >= 15 is 0 Å². The molecule has 2 atom stereocenters. The van der Waals surface area contributed by atoms with E-state index in [0.717, 1.165) is 13.1 Å². The lowest BCUT2D eigenvalue weighted by Gasteiger charge is -2.40. The van der Waals surface area contributed by atoms with E-state index in [0.29, 0.717) is 16.9 Å². The maximum Gasteiger partial charge on any atom is 0.269 e. The molecule has 2 aliphatic rings. The van der Waals surface area contributed by atoms with Gasteiger partial charge in [-0.05, 0) is 35.7 Å². The molecule has 4 nitrogen and oxygen atoms in total. The Labute approximate surface area is 126 Å². The topological polar surface area (TPSA) is 46.4 Å². The summed E-state index contributed by atoms with van der Waals surface area (Å²) >= 11 is 0. The molecule has 1 aromatic rings. The zero-order valence-corrected chi connectivity index (χ0v) is 13.1. The van der Waals surface area contributed by atoms with E-state index in [4.69, 9.17) is 0 Å². The molecule has 0 N–H and O–H groups in total. The number of benzene rings is 1. The number of likely N-dealkylation sites (tertiary alicyclic amines) is 1. The van der Waals surface area contributed by atoms with Crippen LogP contribution in [0.2, 0.25) is 0 Å². The highest BCUT2D eigenvalue weighted by Crippen LogP contribution is 2.52. The summed E-state index contributed by atoms with van der Waals surface area (Å²) in [6, 6.07) is 7.68. The van der Waals surface area contributed by atoms with Crippen LogP contribution in [0.25, 0.3) is 0 Å². The third-order valence-corrected chi connectivity index (χ3v) is 5.06. The summed E-state index contributed by atoms with van der Waals surface area (Å²) in [7, 11) is 0. The summed E-state index contributed by atoms with van der Waals surface area (Å²) in [4.78, 5) is 13.0. The van der Waals surface area contributed by atoms with Gasteiger partial charge in [-0.15, -0.1) is 0 Å². The molecular formula is C17H24N2O2. The largest absolute Gasteiger partial charge is 0.296 e. The van der Waals surface area contributed by atoms with E-state index in [1.165, 1.54) is 24.8 Å². The molecule has 21 heavy (non-hydrogen) atoms. The minimum Gasteiger partial charge on any atom is -0.296 e. The second-order valence-corrected chi connectivity index (χ2v) is 8.04. The van der Waals surface area contributed by atoms with Gasteiger partial charge in [0, 0.05) is 31.3 Å². The average Bonchev–Trinajstić information content (AvgIpc) is 2.58. The van der Waals surface area contributed by atoms with Gasteiger partial charge in [0.2, 0.25) is 0 Å². The molecule has 1 saturated heterocycles. The Morgan fingerprint density at radius 2 is 1.90 bits per heavy atom. The molecule has 4 heteroatoms. The maximum atomic E-state index is 10.7. The molecule has 1 aliphatic carbocycles. The van der Waals surface area contributed by atoms with Gasteiger partial charge in [-0.1, -0.05) is 32.9 Å². The molecule has 1 heterocycles. The SMILES string of the molecule is CC1(C)C[C@@H]2C[C@](C)(CN2Cc2ccc([N+](=O)[O-])cc2)C1. The lowest BCUT2D eigenvalue weighted by Crippen LogP contribution is -2.34. The second-order valence-electron chi connectivity index (χ2n) is 8.04. The molecule has 2 fully saturated rings. The van der Waals surface area contributed by atoms with Gasteiger partial charge in [0.25, 0.3) is 5.69 Å². The highest BCUT2D eigenvalue weighted by atomic mass is 16.6. The number of nitro benzene ring substituents is 1. The minimum atomic E-state index is -0.337. The van der Waals surface area contributed by atoms with Crippen LogP contribution in [0.3, 0.4) is 0 Å². The van der Waals surface area contributed by atoms with E-state index in [-0.39, 0.29) is 10.6 Å². The fourth-order valence-electron chi connectivity index (χ4n) is 4.72. The average molecular weight is 288 g/mol. The predicted octanol–water partition coefficient (Wildman–Crippen LogP) is 4.00. The van der Waals surface area contributed by atoms with Crippen LogP contribution in [0, 0.1) is 20.9 Å². The van der Waals surface area contributed by atoms with Crippen LogP contribution < -0.4 is 0 Å². The van der Waals surface area contributed by atoms with Crippen LogP contribution in [-0.4, -0.2) is 22.4 Å². The predicted molar refractivity (Wildman–Crippen MR) is 83.0 cm³/mol. The maximum absolute atomic E-state index is 10.7. The van der Waals surface area contributed by atoms with Crippen molar-refractivity contribution in [2.24, 2.45) is 10.8 Å². The van der Waals surface area contributed by atoms with Gasteiger partial charge >= 0.3 is 0 Å². The van der Waals surface area contributed by atoms with Crippen LogP contribution in [0.1, 0.15) is 45.6 Å². The van der Waals surface area contributed by atoms with Crippen molar-refractivity contribution >= 4 is 5.69 Å². The number of nitrogens with zero attached hydrogens (tertiary/aromatic N) is 2. The van der Waals surface area contributed by atoms with Gasteiger partial charge in [-0.2, -0.15) is 0 Å². The molecule has 3 rings (SSSR count). The summed E-state index contributed by atoms with van der Waals surface area (Å²) in [5.74, 6) is 0. The smallest absolute Gasteiger partial charge is 0.269 e. The monoisotopic (exact) mass is 288 g/mol. The number of rotatable bonds is 3. The summed E-state index contributed by atoms with van der Waals surface area (Å²) in [5.41, 5.74) is 2.22. The first-order valence-corrected chi connectivity index (χ1v) is 7.74. The van der Waals surface area contributed by atoms with Crippen LogP contribution in [0.15, 0.2) is 24.3 Å². The molecule has 0 radical (unpaired) electrons. The van der Waals surface area contributed by atoms with E-state index in [2.05, 4.69) is 25.7 Å². The number of nitro groups is 1. The third kappa shape index (κ3) is 2.95. The van der Waals surface area contributed by atoms with Crippen LogP contribution >= 0.6 is 0 Å². The van der Waals surface area contributed by atoms with Crippen LogP contribution in [0.5, 0.6) is 0 Å². The third-order valence-electron chi connectivity index (χ3n) is 5.06. The molecule has 1 saturated carbocycles. The first-order chi connectivity index (χ1) is 9.76. The molecule has 0 amide bonds. The molecule has 114 valence electrons. The van der Waals surface area contributed by atoms with Crippen molar-refractivity contribution in [1.82, 2.24) is 4.90 Å².